The number of hydrogen-bond donors (Lipinski definition) is 1. The monoisotopic (exact) mass is 252 g/mol. The molecule has 2 heteroatoms. The lowest BCUT2D eigenvalue weighted by atomic mass is 9.76. The Morgan fingerprint density at radius 1 is 1.06 bits per heavy atom. The van der Waals surface area contributed by atoms with Crippen LogP contribution in [0.3, 0.4) is 0 Å². The van der Waals surface area contributed by atoms with Gasteiger partial charge in [0.2, 0.25) is 0 Å². The Morgan fingerprint density at radius 3 is 2.50 bits per heavy atom. The quantitative estimate of drug-likeness (QED) is 0.830. The second kappa shape index (κ2) is 6.38. The molecule has 0 bridgehead atoms. The van der Waals surface area contributed by atoms with Gasteiger partial charge in [-0.1, -0.05) is 40.5 Å². The molecule has 2 fully saturated rings. The maximum Gasteiger partial charge on any atom is 0.0124 e. The smallest absolute Gasteiger partial charge is 0.0124 e. The van der Waals surface area contributed by atoms with Crippen LogP contribution in [0.5, 0.6) is 0 Å². The van der Waals surface area contributed by atoms with Crippen molar-refractivity contribution >= 4 is 0 Å². The van der Waals surface area contributed by atoms with Gasteiger partial charge in [0.1, 0.15) is 0 Å². The normalized spacial score (nSPS) is 43.0. The predicted molar refractivity (Wildman–Crippen MR) is 78.8 cm³/mol. The Hall–Kier alpha value is -0.0800. The summed E-state index contributed by atoms with van der Waals surface area (Å²) in [6, 6.07) is 1.61. The van der Waals surface area contributed by atoms with Gasteiger partial charge in [0.25, 0.3) is 0 Å². The average molecular weight is 252 g/mol. The number of piperidine rings is 1. The van der Waals surface area contributed by atoms with Crippen LogP contribution in [0.15, 0.2) is 0 Å². The molecule has 0 aromatic rings. The predicted octanol–water partition coefficient (Wildman–Crippen LogP) is 3.13. The van der Waals surface area contributed by atoms with Gasteiger partial charge in [0.05, 0.1) is 0 Å². The van der Waals surface area contributed by atoms with Crippen LogP contribution in [0.25, 0.3) is 0 Å². The standard InChI is InChI=1S/C16H32N2/c1-5-17-15-9-10-18(11-13(15)3)16-8-6-7-12(2)14(16)4/h12-17H,5-11H2,1-4H3. The molecule has 5 unspecified atom stereocenters. The van der Waals surface area contributed by atoms with Gasteiger partial charge >= 0.3 is 0 Å². The third-order valence-corrected chi connectivity index (χ3v) is 5.54. The lowest BCUT2D eigenvalue weighted by molar-refractivity contribution is 0.0381. The van der Waals surface area contributed by atoms with Crippen molar-refractivity contribution in [2.45, 2.75) is 65.5 Å². The van der Waals surface area contributed by atoms with Crippen LogP contribution in [0.4, 0.5) is 0 Å². The molecule has 18 heavy (non-hydrogen) atoms. The summed E-state index contributed by atoms with van der Waals surface area (Å²) in [5.74, 6) is 2.62. The number of hydrogen-bond acceptors (Lipinski definition) is 2. The second-order valence-corrected chi connectivity index (χ2v) is 6.76. The fraction of sp³-hybridized carbons (Fsp3) is 1.00. The molecule has 0 spiro atoms. The van der Waals surface area contributed by atoms with Gasteiger partial charge in [0.15, 0.2) is 0 Å². The fourth-order valence-electron chi connectivity index (χ4n) is 4.11. The zero-order valence-corrected chi connectivity index (χ0v) is 12.8. The Morgan fingerprint density at radius 2 is 1.83 bits per heavy atom. The first kappa shape index (κ1) is 14.3. The van der Waals surface area contributed by atoms with E-state index in [1.165, 1.54) is 38.8 Å². The van der Waals surface area contributed by atoms with Crippen LogP contribution < -0.4 is 5.32 Å². The molecule has 0 amide bonds. The van der Waals surface area contributed by atoms with E-state index in [4.69, 9.17) is 0 Å². The first-order valence-electron chi connectivity index (χ1n) is 8.11. The zero-order valence-electron chi connectivity index (χ0n) is 12.8. The lowest BCUT2D eigenvalue weighted by Gasteiger charge is -2.46. The summed E-state index contributed by atoms with van der Waals surface area (Å²) < 4.78 is 0. The fourth-order valence-corrected chi connectivity index (χ4v) is 4.11. The van der Waals surface area contributed by atoms with E-state index in [2.05, 4.69) is 37.9 Å². The molecule has 2 aliphatic rings. The number of likely N-dealkylation sites (tertiary alicyclic amines) is 1. The molecule has 0 aromatic carbocycles. The van der Waals surface area contributed by atoms with E-state index < -0.39 is 0 Å². The molecule has 1 aliphatic heterocycles. The maximum atomic E-state index is 3.65. The van der Waals surface area contributed by atoms with Gasteiger partial charge in [0, 0.05) is 18.6 Å². The van der Waals surface area contributed by atoms with Crippen LogP contribution in [0.1, 0.15) is 53.4 Å². The number of nitrogens with zero attached hydrogens (tertiary/aromatic N) is 1. The first-order chi connectivity index (χ1) is 8.63. The number of rotatable bonds is 3. The van der Waals surface area contributed by atoms with E-state index in [9.17, 15) is 0 Å². The minimum Gasteiger partial charge on any atom is -0.314 e. The Balaban J connectivity index is 1.91. The van der Waals surface area contributed by atoms with Gasteiger partial charge in [-0.3, -0.25) is 4.90 Å². The summed E-state index contributed by atoms with van der Waals surface area (Å²) in [5, 5.41) is 3.65. The molecule has 1 heterocycles. The largest absolute Gasteiger partial charge is 0.314 e. The Bertz CT molecular complexity index is 253. The summed E-state index contributed by atoms with van der Waals surface area (Å²) in [6.45, 7) is 13.3. The van der Waals surface area contributed by atoms with Gasteiger partial charge in [-0.2, -0.15) is 0 Å². The van der Waals surface area contributed by atoms with Gasteiger partial charge in [-0.25, -0.2) is 0 Å². The molecule has 2 nitrogen and oxygen atoms in total. The highest BCUT2D eigenvalue weighted by atomic mass is 15.2. The summed E-state index contributed by atoms with van der Waals surface area (Å²) in [6.07, 6.45) is 5.66. The van der Waals surface area contributed by atoms with Gasteiger partial charge < -0.3 is 5.32 Å². The summed E-state index contributed by atoms with van der Waals surface area (Å²) in [5.41, 5.74) is 0. The van der Waals surface area contributed by atoms with Crippen molar-refractivity contribution in [2.75, 3.05) is 19.6 Å². The summed E-state index contributed by atoms with van der Waals surface area (Å²) >= 11 is 0. The van der Waals surface area contributed by atoms with Crippen molar-refractivity contribution in [3.63, 3.8) is 0 Å². The minimum absolute atomic E-state index is 0.752. The minimum atomic E-state index is 0.752. The van der Waals surface area contributed by atoms with Crippen molar-refractivity contribution < 1.29 is 0 Å². The summed E-state index contributed by atoms with van der Waals surface area (Å²) in [7, 11) is 0. The van der Waals surface area contributed by atoms with E-state index in [0.717, 1.165) is 36.4 Å². The average Bonchev–Trinajstić information content (AvgIpc) is 2.35. The molecule has 1 N–H and O–H groups in total. The highest BCUT2D eigenvalue weighted by Gasteiger charge is 2.35. The maximum absolute atomic E-state index is 3.65. The Kier molecular flexibility index (Phi) is 5.08. The molecule has 0 radical (unpaired) electrons. The molecule has 1 saturated carbocycles. The SMILES string of the molecule is CCNC1CCN(C2CCCC(C)C2C)CC1C. The molecular weight excluding hydrogens is 220 g/mol. The Labute approximate surface area is 114 Å². The lowest BCUT2D eigenvalue weighted by Crippen LogP contribution is -2.54. The van der Waals surface area contributed by atoms with E-state index in [0.29, 0.717) is 0 Å². The van der Waals surface area contributed by atoms with Crippen LogP contribution >= 0.6 is 0 Å². The molecule has 106 valence electrons. The first-order valence-corrected chi connectivity index (χ1v) is 8.11. The number of nitrogens with one attached hydrogen (secondary N) is 1. The zero-order chi connectivity index (χ0) is 13.1. The summed E-state index contributed by atoms with van der Waals surface area (Å²) in [4.78, 5) is 2.80. The molecule has 2 rings (SSSR count). The van der Waals surface area contributed by atoms with Crippen molar-refractivity contribution in [3.8, 4) is 0 Å². The van der Waals surface area contributed by atoms with Gasteiger partial charge in [-0.15, -0.1) is 0 Å². The van der Waals surface area contributed by atoms with Crippen LogP contribution in [-0.4, -0.2) is 36.6 Å². The van der Waals surface area contributed by atoms with E-state index in [1.807, 2.05) is 0 Å². The molecule has 1 aliphatic carbocycles. The molecule has 0 aromatic heterocycles. The highest BCUT2D eigenvalue weighted by molar-refractivity contribution is 4.90. The van der Waals surface area contributed by atoms with Crippen LogP contribution in [0.2, 0.25) is 0 Å². The van der Waals surface area contributed by atoms with Crippen LogP contribution in [-0.2, 0) is 0 Å². The van der Waals surface area contributed by atoms with Crippen molar-refractivity contribution in [3.05, 3.63) is 0 Å². The second-order valence-electron chi connectivity index (χ2n) is 6.76. The van der Waals surface area contributed by atoms with Crippen molar-refractivity contribution in [1.82, 2.24) is 10.2 Å². The van der Waals surface area contributed by atoms with E-state index >= 15 is 0 Å². The van der Waals surface area contributed by atoms with Crippen molar-refractivity contribution in [2.24, 2.45) is 17.8 Å². The van der Waals surface area contributed by atoms with Crippen molar-refractivity contribution in [1.29, 1.82) is 0 Å². The van der Waals surface area contributed by atoms with E-state index in [-0.39, 0.29) is 0 Å². The third kappa shape index (κ3) is 3.08. The molecular formula is C16H32N2. The topological polar surface area (TPSA) is 15.3 Å². The molecule has 5 atom stereocenters. The third-order valence-electron chi connectivity index (χ3n) is 5.54. The highest BCUT2D eigenvalue weighted by Crippen LogP contribution is 2.34. The van der Waals surface area contributed by atoms with Crippen LogP contribution in [0, 0.1) is 17.8 Å². The van der Waals surface area contributed by atoms with Gasteiger partial charge in [-0.05, 0) is 43.7 Å². The van der Waals surface area contributed by atoms with E-state index in [1.54, 1.807) is 0 Å². The molecule has 1 saturated heterocycles.